The number of hydrogen-bond donors (Lipinski definition) is 2. The Hall–Kier alpha value is -3.54. The van der Waals surface area contributed by atoms with Gasteiger partial charge in [-0.2, -0.15) is 0 Å². The van der Waals surface area contributed by atoms with Crippen molar-refractivity contribution in [3.63, 3.8) is 0 Å². The Balaban J connectivity index is 1.41. The number of nitrogens with zero attached hydrogens (tertiary/aromatic N) is 2. The number of rotatable bonds is 8. The van der Waals surface area contributed by atoms with Crippen LogP contribution in [-0.4, -0.2) is 102 Å². The normalized spacial score (nSPS) is 34.0. The molecular weight excluding hydrogens is 602 g/mol. The fraction of sp³-hybridized carbons (Fsp3) is 0.611. The lowest BCUT2D eigenvalue weighted by Gasteiger charge is -2.39. The molecule has 1 spiro atoms. The van der Waals surface area contributed by atoms with Crippen LogP contribution in [0.3, 0.4) is 0 Å². The summed E-state index contributed by atoms with van der Waals surface area (Å²) in [6.45, 7) is 0.747. The van der Waals surface area contributed by atoms with Crippen LogP contribution in [-0.2, 0) is 33.4 Å². The molecule has 3 amide bonds. The van der Waals surface area contributed by atoms with Crippen molar-refractivity contribution in [3.05, 3.63) is 60.2 Å². The lowest BCUT2D eigenvalue weighted by atomic mass is 9.77. The molecule has 4 heterocycles. The van der Waals surface area contributed by atoms with Gasteiger partial charge in [-0.15, -0.1) is 0 Å². The summed E-state index contributed by atoms with van der Waals surface area (Å²) in [6, 6.07) is 7.64. The van der Waals surface area contributed by atoms with E-state index in [1.54, 1.807) is 17.1 Å². The molecule has 4 aliphatic heterocycles. The Morgan fingerprint density at radius 1 is 1.02 bits per heavy atom. The van der Waals surface area contributed by atoms with Crippen molar-refractivity contribution in [3.8, 4) is 0 Å². The minimum Gasteiger partial charge on any atom is -0.455 e. The first-order valence-corrected chi connectivity index (χ1v) is 17.2. The van der Waals surface area contributed by atoms with E-state index in [1.807, 2.05) is 47.4 Å². The third-order valence-electron chi connectivity index (χ3n) is 10.4. The van der Waals surface area contributed by atoms with Gasteiger partial charge in [0.2, 0.25) is 17.7 Å². The van der Waals surface area contributed by atoms with Crippen LogP contribution in [0.15, 0.2) is 54.6 Å². The number of carbonyl (C=O) groups is 4. The summed E-state index contributed by atoms with van der Waals surface area (Å²) in [5, 5.41) is 12.5. The lowest BCUT2D eigenvalue weighted by Crippen LogP contribution is -2.57. The van der Waals surface area contributed by atoms with E-state index in [1.165, 1.54) is 7.11 Å². The third kappa shape index (κ3) is 6.49. The van der Waals surface area contributed by atoms with Crippen LogP contribution in [0.25, 0.3) is 0 Å². The molecule has 2 N–H and O–H groups in total. The molecule has 11 heteroatoms. The molecule has 1 saturated carbocycles. The number of amides is 3. The van der Waals surface area contributed by atoms with Crippen molar-refractivity contribution >= 4 is 23.7 Å². The predicted molar refractivity (Wildman–Crippen MR) is 172 cm³/mol. The number of esters is 1. The highest BCUT2D eigenvalue weighted by Crippen LogP contribution is 2.53. The molecule has 3 fully saturated rings. The highest BCUT2D eigenvalue weighted by atomic mass is 16.6. The number of nitrogens with one attached hydrogen (secondary N) is 1. The molecule has 47 heavy (non-hydrogen) atoms. The van der Waals surface area contributed by atoms with Crippen LogP contribution in [0.5, 0.6) is 0 Å². The number of aliphatic hydroxyl groups excluding tert-OH is 1. The van der Waals surface area contributed by atoms with Crippen LogP contribution in [0.2, 0.25) is 0 Å². The van der Waals surface area contributed by atoms with Gasteiger partial charge in [-0.05, 0) is 37.7 Å². The average molecular weight is 650 g/mol. The van der Waals surface area contributed by atoms with E-state index in [0.717, 1.165) is 32.1 Å². The van der Waals surface area contributed by atoms with E-state index in [0.29, 0.717) is 31.4 Å². The first-order chi connectivity index (χ1) is 22.9. The number of benzene rings is 1. The van der Waals surface area contributed by atoms with Crippen molar-refractivity contribution in [2.75, 3.05) is 33.4 Å². The molecular formula is C36H47N3O8. The van der Waals surface area contributed by atoms with Crippen molar-refractivity contribution < 1.29 is 38.5 Å². The van der Waals surface area contributed by atoms with Gasteiger partial charge in [-0.25, -0.2) is 0 Å². The Morgan fingerprint density at radius 3 is 2.55 bits per heavy atom. The molecule has 0 aromatic heterocycles. The molecule has 1 aliphatic carbocycles. The highest BCUT2D eigenvalue weighted by Gasteiger charge is 2.72. The topological polar surface area (TPSA) is 135 Å². The van der Waals surface area contributed by atoms with Gasteiger partial charge < -0.3 is 34.4 Å². The molecule has 1 aromatic carbocycles. The summed E-state index contributed by atoms with van der Waals surface area (Å²) in [6.07, 6.45) is 12.3. The van der Waals surface area contributed by atoms with Gasteiger partial charge in [-0.1, -0.05) is 73.9 Å². The third-order valence-corrected chi connectivity index (χ3v) is 10.4. The maximum absolute atomic E-state index is 14.6. The summed E-state index contributed by atoms with van der Waals surface area (Å²) in [4.78, 5) is 60.2. The van der Waals surface area contributed by atoms with E-state index in [9.17, 15) is 24.3 Å². The summed E-state index contributed by atoms with van der Waals surface area (Å²) >= 11 is 0. The quantitative estimate of drug-likeness (QED) is 0.250. The van der Waals surface area contributed by atoms with Crippen LogP contribution >= 0.6 is 0 Å². The number of cyclic esters (lactones) is 1. The number of carbonyl (C=O) groups excluding carboxylic acids is 4. The standard InChI is InChI=1S/C36H47N3O8/c1-45-23-26-31(24-13-4-2-5-14-24)46-35(44)29-27(17-8-9-18-28(41)37-26)47-36-19-12-21-38(25-15-6-3-7-16-25)34(43)32(36)39(20-10-11-22-40)33(42)30(29)36/h2,4-5,8,12-14,17,19,25-27,29-32,40H,3,6-7,9-11,15-16,18,20-23H2,1H3,(H,37,41)/b17-8-/t26-,27-,29+,30+,31-,32-,36+/m1/s1. The van der Waals surface area contributed by atoms with Gasteiger partial charge in [-0.3, -0.25) is 19.2 Å². The maximum Gasteiger partial charge on any atom is 0.313 e. The minimum atomic E-state index is -1.38. The lowest BCUT2D eigenvalue weighted by molar-refractivity contribution is -0.162. The number of aliphatic hydroxyl groups is 1. The molecule has 0 bridgehead atoms. The molecule has 254 valence electrons. The van der Waals surface area contributed by atoms with Gasteiger partial charge in [0.1, 0.15) is 23.7 Å². The van der Waals surface area contributed by atoms with E-state index in [-0.39, 0.29) is 49.9 Å². The summed E-state index contributed by atoms with van der Waals surface area (Å²) in [5.74, 6) is -3.35. The first kappa shape index (κ1) is 33.4. The predicted octanol–water partition coefficient (Wildman–Crippen LogP) is 2.84. The zero-order chi connectivity index (χ0) is 33.0. The number of ether oxygens (including phenoxy) is 3. The van der Waals surface area contributed by atoms with Crippen molar-refractivity contribution in [2.45, 2.75) is 93.7 Å². The number of likely N-dealkylation sites (tertiary alicyclic amines) is 1. The van der Waals surface area contributed by atoms with Gasteiger partial charge in [0.25, 0.3) is 0 Å². The van der Waals surface area contributed by atoms with Crippen LogP contribution < -0.4 is 5.32 Å². The zero-order valence-corrected chi connectivity index (χ0v) is 27.1. The second kappa shape index (κ2) is 14.7. The first-order valence-electron chi connectivity index (χ1n) is 17.2. The number of methoxy groups -OCH3 is 1. The molecule has 11 nitrogen and oxygen atoms in total. The number of hydrogen-bond acceptors (Lipinski definition) is 8. The minimum absolute atomic E-state index is 0.0261. The number of fused-ring (bicyclic) bond motifs is 2. The summed E-state index contributed by atoms with van der Waals surface area (Å²) in [5.41, 5.74) is -0.701. The SMILES string of the molecule is COC[C@H]1NC(=O)CC/C=C\[C@H]2O[C@]34C=CCN(C5CCCCC5)C(=O)[C@H]3N(CCCCO)C(=O)[C@@H]4[C@H]2C(=O)O[C@@H]1c1ccccc1. The molecule has 0 unspecified atom stereocenters. The highest BCUT2D eigenvalue weighted by molar-refractivity contribution is 5.99. The molecule has 5 aliphatic rings. The van der Waals surface area contributed by atoms with E-state index >= 15 is 0 Å². The fourth-order valence-electron chi connectivity index (χ4n) is 8.26. The van der Waals surface area contributed by atoms with E-state index in [2.05, 4.69) is 5.32 Å². The summed E-state index contributed by atoms with van der Waals surface area (Å²) < 4.78 is 18.6. The van der Waals surface area contributed by atoms with Crippen molar-refractivity contribution in [1.29, 1.82) is 0 Å². The zero-order valence-electron chi connectivity index (χ0n) is 27.1. The van der Waals surface area contributed by atoms with E-state index < -0.39 is 47.7 Å². The van der Waals surface area contributed by atoms with Crippen LogP contribution in [0, 0.1) is 11.8 Å². The second-order valence-electron chi connectivity index (χ2n) is 13.4. The molecule has 6 rings (SSSR count). The van der Waals surface area contributed by atoms with Crippen LogP contribution in [0.1, 0.15) is 69.5 Å². The van der Waals surface area contributed by atoms with Gasteiger partial charge in [0, 0.05) is 39.3 Å². The molecule has 1 aromatic rings. The van der Waals surface area contributed by atoms with Gasteiger partial charge in [0.15, 0.2) is 0 Å². The average Bonchev–Trinajstić information content (AvgIpc) is 3.46. The molecule has 2 saturated heterocycles. The molecule has 7 atom stereocenters. The molecule has 0 radical (unpaired) electrons. The van der Waals surface area contributed by atoms with Gasteiger partial charge >= 0.3 is 5.97 Å². The Morgan fingerprint density at radius 2 is 1.81 bits per heavy atom. The number of unbranched alkanes of at least 4 members (excludes halogenated alkanes) is 1. The maximum atomic E-state index is 14.6. The second-order valence-corrected chi connectivity index (χ2v) is 13.4. The van der Waals surface area contributed by atoms with Crippen molar-refractivity contribution in [1.82, 2.24) is 15.1 Å². The summed E-state index contributed by atoms with van der Waals surface area (Å²) in [7, 11) is 1.52. The van der Waals surface area contributed by atoms with E-state index in [4.69, 9.17) is 14.2 Å². The Labute approximate surface area is 276 Å². The fourth-order valence-corrected chi connectivity index (χ4v) is 8.26. The Kier molecular flexibility index (Phi) is 10.4. The van der Waals surface area contributed by atoms with Crippen LogP contribution in [0.4, 0.5) is 0 Å². The largest absolute Gasteiger partial charge is 0.455 e. The van der Waals surface area contributed by atoms with Gasteiger partial charge in [0.05, 0.1) is 24.7 Å². The smallest absolute Gasteiger partial charge is 0.313 e. The Bertz CT molecular complexity index is 1360. The van der Waals surface area contributed by atoms with Crippen molar-refractivity contribution in [2.24, 2.45) is 11.8 Å². The number of allylic oxidation sites excluding steroid dienone is 1. The monoisotopic (exact) mass is 649 g/mol.